The van der Waals surface area contributed by atoms with Crippen LogP contribution in [0.3, 0.4) is 0 Å². The molecule has 1 fully saturated rings. The van der Waals surface area contributed by atoms with Crippen LogP contribution in [0, 0.1) is 18.3 Å². The van der Waals surface area contributed by atoms with E-state index in [2.05, 4.69) is 31.9 Å². The Balaban J connectivity index is 1.90. The molecule has 1 aromatic heterocycles. The van der Waals surface area contributed by atoms with Gasteiger partial charge in [0.05, 0.1) is 35.5 Å². The highest BCUT2D eigenvalue weighted by molar-refractivity contribution is 7.98. The van der Waals surface area contributed by atoms with Crippen LogP contribution in [-0.4, -0.2) is 48.1 Å². The molecule has 2 aromatic rings. The van der Waals surface area contributed by atoms with Crippen LogP contribution < -0.4 is 15.6 Å². The maximum absolute atomic E-state index is 13.2. The van der Waals surface area contributed by atoms with Crippen molar-refractivity contribution >= 4 is 41.1 Å². The van der Waals surface area contributed by atoms with Gasteiger partial charge in [0.15, 0.2) is 5.16 Å². The second-order valence-electron chi connectivity index (χ2n) is 7.04. The molecule has 1 aliphatic heterocycles. The zero-order valence-corrected chi connectivity index (χ0v) is 18.9. The maximum Gasteiger partial charge on any atom is 0.416 e. The van der Waals surface area contributed by atoms with Crippen molar-refractivity contribution in [2.24, 2.45) is 5.10 Å². The molecule has 0 amide bonds. The van der Waals surface area contributed by atoms with Crippen LogP contribution in [0.4, 0.5) is 24.7 Å². The number of nitrogens with one attached hydrogen (secondary N) is 2. The fraction of sp³-hybridized carbons (Fsp3) is 0.400. The molecule has 0 saturated carbocycles. The van der Waals surface area contributed by atoms with Crippen molar-refractivity contribution in [2.75, 3.05) is 36.2 Å². The number of thioether (sulfide) groups is 1. The van der Waals surface area contributed by atoms with E-state index in [9.17, 15) is 13.2 Å². The van der Waals surface area contributed by atoms with Gasteiger partial charge in [-0.1, -0.05) is 29.4 Å². The van der Waals surface area contributed by atoms with Crippen molar-refractivity contribution in [3.8, 4) is 6.07 Å². The minimum atomic E-state index is -4.45. The Morgan fingerprint density at radius 2 is 2.22 bits per heavy atom. The fourth-order valence-corrected chi connectivity index (χ4v) is 3.97. The molecule has 0 bridgehead atoms. The summed E-state index contributed by atoms with van der Waals surface area (Å²) in [6, 6.07) is 6.00. The summed E-state index contributed by atoms with van der Waals surface area (Å²) in [5.74, 6) is 0.560. The quantitative estimate of drug-likeness (QED) is 0.208. The number of piperazine rings is 1. The first-order valence-corrected chi connectivity index (χ1v) is 11.3. The normalized spacial score (nSPS) is 16.9. The molecule has 1 aliphatic rings. The molecule has 1 aromatic carbocycles. The molecular weight excluding hydrogens is 463 g/mol. The van der Waals surface area contributed by atoms with Crippen LogP contribution in [0.2, 0.25) is 5.15 Å². The summed E-state index contributed by atoms with van der Waals surface area (Å²) >= 11 is 7.74. The molecule has 2 heterocycles. The number of hydrogen-bond acceptors (Lipinski definition) is 8. The molecule has 1 atom stereocenters. The van der Waals surface area contributed by atoms with Gasteiger partial charge < -0.3 is 10.2 Å². The molecule has 32 heavy (non-hydrogen) atoms. The number of aromatic nitrogens is 2. The van der Waals surface area contributed by atoms with Crippen LogP contribution in [0.25, 0.3) is 0 Å². The number of benzene rings is 1. The van der Waals surface area contributed by atoms with Gasteiger partial charge in [0.1, 0.15) is 11.0 Å². The Labute approximate surface area is 193 Å². The first kappa shape index (κ1) is 24.1. The maximum atomic E-state index is 13.2. The smallest absolute Gasteiger partial charge is 0.353 e. The average molecular weight is 484 g/mol. The van der Waals surface area contributed by atoms with Gasteiger partial charge in [-0.15, -0.1) is 0 Å². The number of halogens is 4. The van der Waals surface area contributed by atoms with Crippen molar-refractivity contribution in [2.45, 2.75) is 30.7 Å². The van der Waals surface area contributed by atoms with Gasteiger partial charge in [-0.2, -0.15) is 23.5 Å². The van der Waals surface area contributed by atoms with E-state index in [1.807, 2.05) is 11.2 Å². The number of nitriles is 1. The first-order valence-electron chi connectivity index (χ1n) is 9.67. The number of hydrogen-bond donors (Lipinski definition) is 2. The van der Waals surface area contributed by atoms with Crippen LogP contribution in [-0.2, 0) is 6.18 Å². The van der Waals surface area contributed by atoms with Crippen LogP contribution >= 0.6 is 23.4 Å². The van der Waals surface area contributed by atoms with Gasteiger partial charge in [0.25, 0.3) is 0 Å². The van der Waals surface area contributed by atoms with Crippen molar-refractivity contribution in [3.05, 3.63) is 40.0 Å². The molecule has 3 rings (SSSR count). The highest BCUT2D eigenvalue weighted by Gasteiger charge is 2.33. The minimum Gasteiger partial charge on any atom is -0.353 e. The number of nitrogens with zero attached hydrogens (tertiary/aromatic N) is 5. The summed E-state index contributed by atoms with van der Waals surface area (Å²) in [5, 5.41) is 17.1. The van der Waals surface area contributed by atoms with Crippen LogP contribution in [0.5, 0.6) is 0 Å². The van der Waals surface area contributed by atoms with Crippen LogP contribution in [0.15, 0.2) is 28.5 Å². The number of rotatable bonds is 6. The van der Waals surface area contributed by atoms with Crippen molar-refractivity contribution in [3.63, 3.8) is 0 Å². The van der Waals surface area contributed by atoms with Crippen LogP contribution in [0.1, 0.15) is 23.1 Å². The van der Waals surface area contributed by atoms with Gasteiger partial charge in [-0.3, -0.25) is 5.43 Å². The Morgan fingerprint density at radius 3 is 2.91 bits per heavy atom. The van der Waals surface area contributed by atoms with E-state index in [-0.39, 0.29) is 22.4 Å². The van der Waals surface area contributed by atoms with Crippen molar-refractivity contribution in [1.82, 2.24) is 15.3 Å². The monoisotopic (exact) mass is 483 g/mol. The molecule has 12 heteroatoms. The van der Waals surface area contributed by atoms with Crippen molar-refractivity contribution < 1.29 is 13.2 Å². The highest BCUT2D eigenvalue weighted by Crippen LogP contribution is 2.34. The predicted molar refractivity (Wildman–Crippen MR) is 120 cm³/mol. The zero-order chi connectivity index (χ0) is 23.3. The largest absolute Gasteiger partial charge is 0.416 e. The molecular formula is C20H21ClF3N7S. The zero-order valence-electron chi connectivity index (χ0n) is 17.4. The molecule has 1 unspecified atom stereocenters. The Hall–Kier alpha value is -2.55. The summed E-state index contributed by atoms with van der Waals surface area (Å²) in [6.07, 6.45) is -0.865. The highest BCUT2D eigenvalue weighted by atomic mass is 35.5. The van der Waals surface area contributed by atoms with Gasteiger partial charge >= 0.3 is 6.18 Å². The first-order chi connectivity index (χ1) is 15.2. The number of alkyl halides is 3. The lowest BCUT2D eigenvalue weighted by Gasteiger charge is -2.34. The summed E-state index contributed by atoms with van der Waals surface area (Å²) in [5.41, 5.74) is 2.65. The van der Waals surface area contributed by atoms with Gasteiger partial charge in [0, 0.05) is 25.7 Å². The molecule has 0 spiro atoms. The van der Waals surface area contributed by atoms with E-state index in [0.717, 1.165) is 6.07 Å². The average Bonchev–Trinajstić information content (AvgIpc) is 2.75. The second kappa shape index (κ2) is 10.4. The fourth-order valence-electron chi connectivity index (χ4n) is 3.35. The lowest BCUT2D eigenvalue weighted by Crippen LogP contribution is -2.51. The minimum absolute atomic E-state index is 0.0177. The van der Waals surface area contributed by atoms with E-state index in [0.29, 0.717) is 42.6 Å². The summed E-state index contributed by atoms with van der Waals surface area (Å²) in [7, 11) is 0. The topological polar surface area (TPSA) is 89.2 Å². The molecule has 0 aliphatic carbocycles. The van der Waals surface area contributed by atoms with Gasteiger partial charge in [-0.25, -0.2) is 9.97 Å². The number of anilines is 2. The standard InChI is InChI=1S/C20H21ClF3N7S/c1-12-15(20(22,23)24)4-3-5-16(12)30-27-10-14-17(21)28-19(32-2)29-18(14)31-9-8-26-13(11-31)6-7-25/h3-5,10,13,26,30H,6,8-9,11H2,1-2H3/b27-10+. The van der Waals surface area contributed by atoms with E-state index >= 15 is 0 Å². The van der Waals surface area contributed by atoms with Crippen molar-refractivity contribution in [1.29, 1.82) is 5.26 Å². The van der Waals surface area contributed by atoms with Gasteiger partial charge in [0.2, 0.25) is 0 Å². The Kier molecular flexibility index (Phi) is 7.82. The van der Waals surface area contributed by atoms with E-state index < -0.39 is 11.7 Å². The van der Waals surface area contributed by atoms with Gasteiger partial charge in [-0.05, 0) is 30.9 Å². The summed E-state index contributed by atoms with van der Waals surface area (Å²) in [4.78, 5) is 10.8. The SMILES string of the molecule is CSc1nc(Cl)c(/C=N/Nc2cccc(C(F)(F)F)c2C)c(N2CCNC(CC#N)C2)n1. The van der Waals surface area contributed by atoms with E-state index in [4.69, 9.17) is 16.9 Å². The Bertz CT molecular complexity index is 1040. The Morgan fingerprint density at radius 1 is 1.44 bits per heavy atom. The van der Waals surface area contributed by atoms with E-state index in [1.165, 1.54) is 37.0 Å². The lowest BCUT2D eigenvalue weighted by molar-refractivity contribution is -0.138. The second-order valence-corrected chi connectivity index (χ2v) is 8.18. The van der Waals surface area contributed by atoms with E-state index in [1.54, 1.807) is 0 Å². The third-order valence-corrected chi connectivity index (χ3v) is 5.79. The number of hydrazone groups is 1. The molecule has 2 N–H and O–H groups in total. The summed E-state index contributed by atoms with van der Waals surface area (Å²) in [6.45, 7) is 3.24. The molecule has 170 valence electrons. The predicted octanol–water partition coefficient (Wildman–Crippen LogP) is 4.32. The molecule has 0 radical (unpaired) electrons. The third kappa shape index (κ3) is 5.62. The lowest BCUT2D eigenvalue weighted by atomic mass is 10.1. The third-order valence-electron chi connectivity index (χ3n) is 4.95. The molecule has 1 saturated heterocycles. The summed E-state index contributed by atoms with van der Waals surface area (Å²) < 4.78 is 39.5. The molecule has 7 nitrogen and oxygen atoms in total.